The third kappa shape index (κ3) is 3.66. The minimum absolute atomic E-state index is 0.763. The van der Waals surface area contributed by atoms with E-state index in [4.69, 9.17) is 5.10 Å². The number of hydrogen-bond donors (Lipinski definition) is 1. The first-order valence-electron chi connectivity index (χ1n) is 9.22. The lowest BCUT2D eigenvalue weighted by Crippen LogP contribution is -1.93. The number of rotatable bonds is 5. The minimum Gasteiger partial charge on any atom is -0.253 e. The zero-order chi connectivity index (χ0) is 19.5. The fourth-order valence-electron chi connectivity index (χ4n) is 3.09. The third-order valence-electron chi connectivity index (χ3n) is 4.47. The van der Waals surface area contributed by atoms with Crippen LogP contribution >= 0.6 is 11.3 Å². The van der Waals surface area contributed by atoms with Gasteiger partial charge in [0.05, 0.1) is 22.1 Å². The predicted octanol–water partition coefficient (Wildman–Crippen LogP) is 5.60. The fourth-order valence-corrected chi connectivity index (χ4v) is 3.91. The SMILES string of the molecule is C(=N/Nc1nc2ccccc2s1)/c1cn(-c2ccccc2)nc1-c1ccccc1. The third-order valence-corrected chi connectivity index (χ3v) is 5.41. The van der Waals surface area contributed by atoms with E-state index in [1.807, 2.05) is 77.6 Å². The average molecular weight is 395 g/mol. The van der Waals surface area contributed by atoms with Gasteiger partial charge in [0.1, 0.15) is 5.69 Å². The van der Waals surface area contributed by atoms with Crippen molar-refractivity contribution in [3.8, 4) is 16.9 Å². The van der Waals surface area contributed by atoms with Gasteiger partial charge in [-0.1, -0.05) is 72.0 Å². The molecule has 5 aromatic rings. The Balaban J connectivity index is 1.47. The van der Waals surface area contributed by atoms with E-state index in [-0.39, 0.29) is 0 Å². The molecule has 2 heterocycles. The van der Waals surface area contributed by atoms with E-state index in [9.17, 15) is 0 Å². The van der Waals surface area contributed by atoms with Gasteiger partial charge in [0.25, 0.3) is 0 Å². The highest BCUT2D eigenvalue weighted by Gasteiger charge is 2.11. The van der Waals surface area contributed by atoms with Crippen LogP contribution in [-0.4, -0.2) is 21.0 Å². The van der Waals surface area contributed by atoms with Gasteiger partial charge in [-0.15, -0.1) is 0 Å². The van der Waals surface area contributed by atoms with Crippen LogP contribution in [0, 0.1) is 0 Å². The van der Waals surface area contributed by atoms with Crippen LogP contribution in [0.15, 0.2) is 96.2 Å². The second kappa shape index (κ2) is 7.69. The molecule has 0 aliphatic heterocycles. The quantitative estimate of drug-likeness (QED) is 0.311. The van der Waals surface area contributed by atoms with Gasteiger partial charge in [-0.3, -0.25) is 5.43 Å². The first-order chi connectivity index (χ1) is 14.4. The summed E-state index contributed by atoms with van der Waals surface area (Å²) >= 11 is 1.58. The predicted molar refractivity (Wildman–Crippen MR) is 120 cm³/mol. The molecule has 0 unspecified atom stereocenters. The summed E-state index contributed by atoms with van der Waals surface area (Å²) in [7, 11) is 0. The number of hydrazone groups is 1. The van der Waals surface area contributed by atoms with E-state index in [1.165, 1.54) is 0 Å². The molecule has 0 saturated heterocycles. The zero-order valence-electron chi connectivity index (χ0n) is 15.4. The number of nitrogens with one attached hydrogen (secondary N) is 1. The molecule has 0 bridgehead atoms. The Bertz CT molecular complexity index is 1240. The number of thiazole rings is 1. The topological polar surface area (TPSA) is 55.1 Å². The summed E-state index contributed by atoms with van der Waals surface area (Å²) in [5.41, 5.74) is 7.87. The maximum Gasteiger partial charge on any atom is 0.204 e. The molecule has 0 radical (unpaired) electrons. The summed E-state index contributed by atoms with van der Waals surface area (Å²) in [5.74, 6) is 0. The standard InChI is InChI=1S/C23H17N5S/c1-3-9-17(10-4-1)22-18(16-28(27-22)19-11-5-2-6-12-19)15-24-26-23-25-20-13-7-8-14-21(20)29-23/h1-16H,(H,25,26)/b24-15-. The molecule has 1 N–H and O–H groups in total. The molecular weight excluding hydrogens is 378 g/mol. The molecule has 0 amide bonds. The molecule has 6 heteroatoms. The summed E-state index contributed by atoms with van der Waals surface area (Å²) in [6, 6.07) is 28.2. The van der Waals surface area contributed by atoms with Crippen LogP contribution in [0.25, 0.3) is 27.2 Å². The summed E-state index contributed by atoms with van der Waals surface area (Å²) < 4.78 is 3.01. The van der Waals surface area contributed by atoms with Crippen molar-refractivity contribution in [2.24, 2.45) is 5.10 Å². The smallest absolute Gasteiger partial charge is 0.204 e. The Morgan fingerprint density at radius 3 is 2.38 bits per heavy atom. The first-order valence-corrected chi connectivity index (χ1v) is 10.0. The van der Waals surface area contributed by atoms with E-state index in [0.29, 0.717) is 0 Å². The fraction of sp³-hybridized carbons (Fsp3) is 0. The number of para-hydroxylation sites is 2. The van der Waals surface area contributed by atoms with Crippen molar-refractivity contribution in [1.82, 2.24) is 14.8 Å². The number of aromatic nitrogens is 3. The van der Waals surface area contributed by atoms with Crippen molar-refractivity contribution in [2.75, 3.05) is 5.43 Å². The molecule has 5 rings (SSSR count). The maximum absolute atomic E-state index is 4.80. The first kappa shape index (κ1) is 17.3. The lowest BCUT2D eigenvalue weighted by atomic mass is 10.1. The van der Waals surface area contributed by atoms with Crippen molar-refractivity contribution in [2.45, 2.75) is 0 Å². The molecule has 5 nitrogen and oxygen atoms in total. The second-order valence-corrected chi connectivity index (χ2v) is 7.47. The normalized spacial score (nSPS) is 11.3. The molecule has 0 saturated carbocycles. The van der Waals surface area contributed by atoms with Gasteiger partial charge in [0.15, 0.2) is 0 Å². The number of nitrogens with zero attached hydrogens (tertiary/aromatic N) is 4. The van der Waals surface area contributed by atoms with Crippen LogP contribution in [-0.2, 0) is 0 Å². The van der Waals surface area contributed by atoms with Gasteiger partial charge in [0.2, 0.25) is 5.13 Å². The highest BCUT2D eigenvalue weighted by atomic mass is 32.1. The Morgan fingerprint density at radius 2 is 1.59 bits per heavy atom. The van der Waals surface area contributed by atoms with Crippen molar-refractivity contribution in [3.05, 3.63) is 96.7 Å². The summed E-state index contributed by atoms with van der Waals surface area (Å²) in [5, 5.41) is 9.98. The van der Waals surface area contributed by atoms with E-state index >= 15 is 0 Å². The van der Waals surface area contributed by atoms with E-state index in [2.05, 4.69) is 33.7 Å². The molecule has 29 heavy (non-hydrogen) atoms. The molecular formula is C23H17N5S. The molecule has 0 atom stereocenters. The van der Waals surface area contributed by atoms with Crippen LogP contribution in [0.4, 0.5) is 5.13 Å². The molecule has 2 aromatic heterocycles. The van der Waals surface area contributed by atoms with Gasteiger partial charge in [0, 0.05) is 17.3 Å². The maximum atomic E-state index is 4.80. The average Bonchev–Trinajstić information content (AvgIpc) is 3.39. The molecule has 0 spiro atoms. The minimum atomic E-state index is 0.763. The number of benzene rings is 3. The van der Waals surface area contributed by atoms with Gasteiger partial charge in [-0.2, -0.15) is 10.2 Å². The second-order valence-electron chi connectivity index (χ2n) is 6.44. The molecule has 140 valence electrons. The van der Waals surface area contributed by atoms with Gasteiger partial charge in [-0.05, 0) is 24.3 Å². The summed E-state index contributed by atoms with van der Waals surface area (Å²) in [4.78, 5) is 4.55. The lowest BCUT2D eigenvalue weighted by Gasteiger charge is -2.00. The molecule has 0 fully saturated rings. The van der Waals surface area contributed by atoms with Crippen LogP contribution in [0.1, 0.15) is 5.56 Å². The van der Waals surface area contributed by atoms with Gasteiger partial charge >= 0.3 is 0 Å². The molecule has 0 aliphatic rings. The van der Waals surface area contributed by atoms with Gasteiger partial charge in [-0.25, -0.2) is 9.67 Å². The number of hydrogen-bond acceptors (Lipinski definition) is 5. The Morgan fingerprint density at radius 1 is 0.862 bits per heavy atom. The van der Waals surface area contributed by atoms with E-state index in [0.717, 1.165) is 37.9 Å². The highest BCUT2D eigenvalue weighted by molar-refractivity contribution is 7.22. The van der Waals surface area contributed by atoms with E-state index in [1.54, 1.807) is 17.6 Å². The van der Waals surface area contributed by atoms with Crippen molar-refractivity contribution in [3.63, 3.8) is 0 Å². The Hall–Kier alpha value is -3.77. The van der Waals surface area contributed by atoms with E-state index < -0.39 is 0 Å². The number of fused-ring (bicyclic) bond motifs is 1. The lowest BCUT2D eigenvalue weighted by molar-refractivity contribution is 0.884. The Kier molecular flexibility index (Phi) is 4.60. The monoisotopic (exact) mass is 395 g/mol. The molecule has 3 aromatic carbocycles. The van der Waals surface area contributed by atoms with Crippen LogP contribution < -0.4 is 5.43 Å². The zero-order valence-corrected chi connectivity index (χ0v) is 16.3. The van der Waals surface area contributed by atoms with Crippen LogP contribution in [0.3, 0.4) is 0 Å². The van der Waals surface area contributed by atoms with Crippen molar-refractivity contribution >= 4 is 32.9 Å². The van der Waals surface area contributed by atoms with Crippen LogP contribution in [0.2, 0.25) is 0 Å². The van der Waals surface area contributed by atoms with Gasteiger partial charge < -0.3 is 0 Å². The summed E-state index contributed by atoms with van der Waals surface area (Å²) in [6.07, 6.45) is 3.78. The molecule has 0 aliphatic carbocycles. The highest BCUT2D eigenvalue weighted by Crippen LogP contribution is 2.26. The number of anilines is 1. The van der Waals surface area contributed by atoms with Crippen molar-refractivity contribution < 1.29 is 0 Å². The van der Waals surface area contributed by atoms with Crippen LogP contribution in [0.5, 0.6) is 0 Å². The van der Waals surface area contributed by atoms with Crippen molar-refractivity contribution in [1.29, 1.82) is 0 Å². The Labute approximate surface area is 172 Å². The summed E-state index contributed by atoms with van der Waals surface area (Å²) in [6.45, 7) is 0. The largest absolute Gasteiger partial charge is 0.253 e.